The Hall–Kier alpha value is -3.13. The Labute approximate surface area is 161 Å². The van der Waals surface area contributed by atoms with Gasteiger partial charge in [0.25, 0.3) is 0 Å². The van der Waals surface area contributed by atoms with E-state index < -0.39 is 0 Å². The van der Waals surface area contributed by atoms with Crippen molar-refractivity contribution < 1.29 is 4.57 Å². The summed E-state index contributed by atoms with van der Waals surface area (Å²) in [5.74, 6) is 0. The molecule has 0 amide bonds. The molecule has 3 aromatic rings. The van der Waals surface area contributed by atoms with E-state index >= 15 is 0 Å². The number of nitrogens with zero attached hydrogens (tertiary/aromatic N) is 1. The minimum atomic E-state index is 0.792. The summed E-state index contributed by atoms with van der Waals surface area (Å²) < 4.78 is 2.26. The van der Waals surface area contributed by atoms with E-state index in [0.29, 0.717) is 0 Å². The molecule has 1 aliphatic rings. The number of hydrogen-bond acceptors (Lipinski definition) is 1. The van der Waals surface area contributed by atoms with Crippen molar-refractivity contribution in [2.45, 2.75) is 26.3 Å². The number of fused-ring (bicyclic) bond motifs is 1. The molecule has 0 bridgehead atoms. The van der Waals surface area contributed by atoms with Crippen LogP contribution in [0.15, 0.2) is 79.1 Å². The van der Waals surface area contributed by atoms with Crippen LogP contribution in [0.5, 0.6) is 0 Å². The third-order valence-electron chi connectivity index (χ3n) is 5.06. The topological polar surface area (TPSA) is 29.9 Å². The van der Waals surface area contributed by atoms with Crippen LogP contribution in [0.3, 0.4) is 0 Å². The maximum Gasteiger partial charge on any atom is 0.169 e. The van der Waals surface area contributed by atoms with Crippen molar-refractivity contribution in [3.05, 3.63) is 101 Å². The lowest BCUT2D eigenvalue weighted by Crippen LogP contribution is -2.32. The van der Waals surface area contributed by atoms with E-state index in [4.69, 9.17) is 5.73 Å². The monoisotopic (exact) mass is 353 g/mol. The zero-order chi connectivity index (χ0) is 18.6. The number of aryl methyl sites for hydroxylation is 1. The normalized spacial score (nSPS) is 14.3. The first kappa shape index (κ1) is 17.3. The zero-order valence-electron chi connectivity index (χ0n) is 15.7. The maximum atomic E-state index is 5.82. The number of nitrogen functional groups attached to an aromatic ring is 1. The second-order valence-corrected chi connectivity index (χ2v) is 7.05. The Morgan fingerprint density at radius 3 is 2.30 bits per heavy atom. The highest BCUT2D eigenvalue weighted by molar-refractivity contribution is 6.05. The number of hydrogen-bond donors (Lipinski definition) is 1. The second-order valence-electron chi connectivity index (χ2n) is 7.05. The first-order valence-electron chi connectivity index (χ1n) is 9.63. The van der Waals surface area contributed by atoms with Gasteiger partial charge in [0.15, 0.2) is 12.4 Å². The summed E-state index contributed by atoms with van der Waals surface area (Å²) in [6.45, 7) is 3.30. The van der Waals surface area contributed by atoms with Gasteiger partial charge in [0.05, 0.1) is 0 Å². The summed E-state index contributed by atoms with van der Waals surface area (Å²) in [5.41, 5.74) is 14.1. The van der Waals surface area contributed by atoms with Crippen LogP contribution in [-0.4, -0.2) is 0 Å². The second kappa shape index (κ2) is 7.63. The van der Waals surface area contributed by atoms with Gasteiger partial charge in [-0.1, -0.05) is 49.7 Å². The van der Waals surface area contributed by atoms with Gasteiger partial charge in [0.2, 0.25) is 0 Å². The van der Waals surface area contributed by atoms with Gasteiger partial charge in [-0.3, -0.25) is 0 Å². The summed E-state index contributed by atoms with van der Waals surface area (Å²) >= 11 is 0. The zero-order valence-corrected chi connectivity index (χ0v) is 15.7. The summed E-state index contributed by atoms with van der Waals surface area (Å²) in [5, 5.41) is 0. The molecule has 2 N–H and O–H groups in total. The van der Waals surface area contributed by atoms with Gasteiger partial charge < -0.3 is 5.73 Å². The summed E-state index contributed by atoms with van der Waals surface area (Å²) in [6.07, 6.45) is 11.3. The van der Waals surface area contributed by atoms with Crippen LogP contribution in [0.4, 0.5) is 5.69 Å². The molecule has 0 atom stereocenters. The summed E-state index contributed by atoms with van der Waals surface area (Å²) in [4.78, 5) is 0. The number of aromatic nitrogens is 1. The molecule has 0 spiro atoms. The highest BCUT2D eigenvalue weighted by Gasteiger charge is 2.19. The van der Waals surface area contributed by atoms with Crippen LogP contribution in [0.2, 0.25) is 0 Å². The molecule has 134 valence electrons. The van der Waals surface area contributed by atoms with Gasteiger partial charge in [-0.05, 0) is 57.7 Å². The fourth-order valence-corrected chi connectivity index (χ4v) is 3.54. The summed E-state index contributed by atoms with van der Waals surface area (Å²) in [7, 11) is 0. The SMILES string of the molecule is CCCC[n+]1ccc(C2=C/C(=C/c3ccc(N)cc3)c3ccccc32)cc1. The molecule has 1 aromatic heterocycles. The molecular weight excluding hydrogens is 328 g/mol. The number of nitrogens with two attached hydrogens (primary N) is 1. The van der Waals surface area contributed by atoms with E-state index in [1.165, 1.54) is 40.7 Å². The van der Waals surface area contributed by atoms with Crippen LogP contribution >= 0.6 is 0 Å². The minimum Gasteiger partial charge on any atom is -0.399 e. The van der Waals surface area contributed by atoms with Gasteiger partial charge in [-0.2, -0.15) is 0 Å². The van der Waals surface area contributed by atoms with Crippen molar-refractivity contribution in [2.75, 3.05) is 5.73 Å². The molecule has 4 rings (SSSR count). The van der Waals surface area contributed by atoms with Crippen LogP contribution in [-0.2, 0) is 6.54 Å². The number of unbranched alkanes of at least 4 members (excludes halogenated alkanes) is 1. The van der Waals surface area contributed by atoms with Crippen molar-refractivity contribution in [1.29, 1.82) is 0 Å². The standard InChI is InChI=1S/C25H24N2/c1-2-3-14-27-15-12-20(13-16-27)25-18-21(23-6-4-5-7-24(23)25)17-19-8-10-22(26)11-9-19/h4-13,15-18,26H,2-3,14H2,1H3/p+1. The van der Waals surface area contributed by atoms with Gasteiger partial charge >= 0.3 is 0 Å². The Morgan fingerprint density at radius 2 is 1.59 bits per heavy atom. The van der Waals surface area contributed by atoms with Crippen LogP contribution in [0.25, 0.3) is 17.2 Å². The maximum absolute atomic E-state index is 5.82. The fraction of sp³-hybridized carbons (Fsp3) is 0.160. The Kier molecular flexibility index (Phi) is 4.88. The van der Waals surface area contributed by atoms with E-state index in [1.807, 2.05) is 12.1 Å². The van der Waals surface area contributed by atoms with Gasteiger partial charge in [0, 0.05) is 24.2 Å². The molecule has 0 radical (unpaired) electrons. The third-order valence-corrected chi connectivity index (χ3v) is 5.06. The minimum absolute atomic E-state index is 0.792. The van der Waals surface area contributed by atoms with Crippen molar-refractivity contribution in [3.63, 3.8) is 0 Å². The predicted molar refractivity (Wildman–Crippen MR) is 114 cm³/mol. The van der Waals surface area contributed by atoms with Gasteiger partial charge in [0.1, 0.15) is 6.54 Å². The van der Waals surface area contributed by atoms with Gasteiger partial charge in [-0.15, -0.1) is 0 Å². The molecule has 2 heteroatoms. The molecule has 0 saturated carbocycles. The van der Waals surface area contributed by atoms with Crippen molar-refractivity contribution in [2.24, 2.45) is 0 Å². The van der Waals surface area contributed by atoms with E-state index in [2.05, 4.69) is 84.6 Å². The third kappa shape index (κ3) is 3.70. The van der Waals surface area contributed by atoms with Crippen molar-refractivity contribution in [1.82, 2.24) is 0 Å². The van der Waals surface area contributed by atoms with Crippen molar-refractivity contribution in [3.8, 4) is 0 Å². The lowest BCUT2D eigenvalue weighted by atomic mass is 9.99. The molecule has 2 nitrogen and oxygen atoms in total. The quantitative estimate of drug-likeness (QED) is 0.487. The highest BCUT2D eigenvalue weighted by atomic mass is 14.9. The number of allylic oxidation sites excluding steroid dienone is 2. The average molecular weight is 353 g/mol. The first-order valence-corrected chi connectivity index (χ1v) is 9.63. The average Bonchev–Trinajstić information content (AvgIpc) is 3.07. The largest absolute Gasteiger partial charge is 0.399 e. The first-order chi connectivity index (χ1) is 13.2. The molecule has 0 aliphatic heterocycles. The smallest absolute Gasteiger partial charge is 0.169 e. The number of pyridine rings is 1. The van der Waals surface area contributed by atoms with Crippen LogP contribution < -0.4 is 10.3 Å². The molecule has 1 aliphatic carbocycles. The lowest BCUT2D eigenvalue weighted by molar-refractivity contribution is -0.697. The molecule has 1 heterocycles. The molecular formula is C25H25N2+. The van der Waals surface area contributed by atoms with E-state index in [-0.39, 0.29) is 0 Å². The molecule has 27 heavy (non-hydrogen) atoms. The number of anilines is 1. The molecule has 2 aromatic carbocycles. The van der Waals surface area contributed by atoms with E-state index in [9.17, 15) is 0 Å². The molecule has 0 fully saturated rings. The van der Waals surface area contributed by atoms with Crippen LogP contribution in [0.1, 0.15) is 42.0 Å². The lowest BCUT2D eigenvalue weighted by Gasteiger charge is -2.05. The number of benzene rings is 2. The van der Waals surface area contributed by atoms with Crippen molar-refractivity contribution >= 4 is 22.9 Å². The Bertz CT molecular complexity index is 993. The Balaban J connectivity index is 1.71. The number of rotatable bonds is 5. The predicted octanol–water partition coefficient (Wildman–Crippen LogP) is 5.34. The highest BCUT2D eigenvalue weighted by Crippen LogP contribution is 2.39. The Morgan fingerprint density at radius 1 is 0.889 bits per heavy atom. The molecule has 0 saturated heterocycles. The van der Waals surface area contributed by atoms with E-state index in [0.717, 1.165) is 17.8 Å². The molecule has 0 unspecified atom stereocenters. The fourth-order valence-electron chi connectivity index (χ4n) is 3.54. The van der Waals surface area contributed by atoms with E-state index in [1.54, 1.807) is 0 Å². The summed E-state index contributed by atoms with van der Waals surface area (Å²) in [6, 6.07) is 21.1. The van der Waals surface area contributed by atoms with Crippen LogP contribution in [0, 0.1) is 0 Å². The van der Waals surface area contributed by atoms with Gasteiger partial charge in [-0.25, -0.2) is 4.57 Å².